The Balaban J connectivity index is 1.47. The van der Waals surface area contributed by atoms with E-state index in [0.29, 0.717) is 11.7 Å². The fourth-order valence-electron chi connectivity index (χ4n) is 2.40. The van der Waals surface area contributed by atoms with Crippen LogP contribution in [0.15, 0.2) is 36.5 Å². The lowest BCUT2D eigenvalue weighted by atomic mass is 10.1. The number of rotatable bonds is 5. The highest BCUT2D eigenvalue weighted by molar-refractivity contribution is 7.15. The molecule has 1 fully saturated rings. The van der Waals surface area contributed by atoms with Gasteiger partial charge >= 0.3 is 6.03 Å². The third kappa shape index (κ3) is 4.29. The highest BCUT2D eigenvalue weighted by Gasteiger charge is 2.16. The predicted octanol–water partition coefficient (Wildman–Crippen LogP) is 3.03. The van der Waals surface area contributed by atoms with Gasteiger partial charge in [-0.2, -0.15) is 0 Å². The highest BCUT2D eigenvalue weighted by Crippen LogP contribution is 2.21. The quantitative estimate of drug-likeness (QED) is 0.891. The standard InChI is InChI=1S/C16H19N3O2S/c20-15(17-10-13-7-4-8-21-13)19-16-18-11-14(22-16)9-12-5-2-1-3-6-12/h1-3,5-6,11,13H,4,7-10H2,(H2,17,18,19,20)/t13-/m0/s1. The van der Waals surface area contributed by atoms with Gasteiger partial charge in [-0.15, -0.1) is 11.3 Å². The second kappa shape index (κ2) is 7.38. The minimum atomic E-state index is -0.226. The summed E-state index contributed by atoms with van der Waals surface area (Å²) in [7, 11) is 0. The molecule has 2 N–H and O–H groups in total. The summed E-state index contributed by atoms with van der Waals surface area (Å²) in [4.78, 5) is 17.2. The molecule has 0 aliphatic carbocycles. The van der Waals surface area contributed by atoms with Crippen LogP contribution in [-0.2, 0) is 11.2 Å². The second-order valence-corrected chi connectivity index (χ2v) is 6.38. The summed E-state index contributed by atoms with van der Waals surface area (Å²) in [6.45, 7) is 1.34. The number of hydrogen-bond donors (Lipinski definition) is 2. The molecule has 0 radical (unpaired) electrons. The normalized spacial score (nSPS) is 17.4. The van der Waals surface area contributed by atoms with Crippen molar-refractivity contribution in [3.8, 4) is 0 Å². The van der Waals surface area contributed by atoms with E-state index in [1.807, 2.05) is 24.4 Å². The van der Waals surface area contributed by atoms with E-state index >= 15 is 0 Å². The number of ether oxygens (including phenoxy) is 1. The van der Waals surface area contributed by atoms with Gasteiger partial charge in [0.15, 0.2) is 5.13 Å². The van der Waals surface area contributed by atoms with E-state index in [9.17, 15) is 4.79 Å². The van der Waals surface area contributed by atoms with Crippen LogP contribution in [0.3, 0.4) is 0 Å². The lowest BCUT2D eigenvalue weighted by molar-refractivity contribution is 0.112. The Hall–Kier alpha value is -1.92. The zero-order valence-corrected chi connectivity index (χ0v) is 13.1. The van der Waals surface area contributed by atoms with Crippen LogP contribution in [0.4, 0.5) is 9.93 Å². The number of carbonyl (C=O) groups is 1. The van der Waals surface area contributed by atoms with Crippen LogP contribution < -0.4 is 10.6 Å². The van der Waals surface area contributed by atoms with Crippen molar-refractivity contribution in [2.75, 3.05) is 18.5 Å². The average Bonchev–Trinajstić information content (AvgIpc) is 3.18. The maximum Gasteiger partial charge on any atom is 0.321 e. The van der Waals surface area contributed by atoms with Gasteiger partial charge in [-0.3, -0.25) is 5.32 Å². The maximum atomic E-state index is 11.8. The molecule has 2 heterocycles. The number of nitrogens with one attached hydrogen (secondary N) is 2. The van der Waals surface area contributed by atoms with Gasteiger partial charge in [-0.25, -0.2) is 9.78 Å². The van der Waals surface area contributed by atoms with Gasteiger partial charge in [-0.1, -0.05) is 30.3 Å². The molecule has 0 unspecified atom stereocenters. The van der Waals surface area contributed by atoms with E-state index in [4.69, 9.17) is 4.74 Å². The summed E-state index contributed by atoms with van der Waals surface area (Å²) in [5.41, 5.74) is 1.24. The van der Waals surface area contributed by atoms with Crippen LogP contribution in [0.25, 0.3) is 0 Å². The smallest absolute Gasteiger partial charge is 0.321 e. The molecular formula is C16H19N3O2S. The monoisotopic (exact) mass is 317 g/mol. The fourth-order valence-corrected chi connectivity index (χ4v) is 3.24. The van der Waals surface area contributed by atoms with Crippen molar-refractivity contribution < 1.29 is 9.53 Å². The minimum absolute atomic E-state index is 0.149. The molecule has 1 saturated heterocycles. The zero-order chi connectivity index (χ0) is 15.2. The first-order valence-corrected chi connectivity index (χ1v) is 8.26. The van der Waals surface area contributed by atoms with Crippen LogP contribution in [-0.4, -0.2) is 30.3 Å². The molecule has 5 nitrogen and oxygen atoms in total. The Labute approximate surface area is 133 Å². The number of thiazole rings is 1. The van der Waals surface area contributed by atoms with Crippen molar-refractivity contribution in [2.45, 2.75) is 25.4 Å². The average molecular weight is 317 g/mol. The number of amides is 2. The number of hydrogen-bond acceptors (Lipinski definition) is 4. The highest BCUT2D eigenvalue weighted by atomic mass is 32.1. The predicted molar refractivity (Wildman–Crippen MR) is 87.4 cm³/mol. The molecule has 1 aromatic carbocycles. The van der Waals surface area contributed by atoms with Gasteiger partial charge < -0.3 is 10.1 Å². The molecule has 1 aliphatic rings. The third-order valence-corrected chi connectivity index (χ3v) is 4.42. The molecule has 1 atom stereocenters. The van der Waals surface area contributed by atoms with Crippen LogP contribution in [0.1, 0.15) is 23.3 Å². The molecule has 0 spiro atoms. The Morgan fingerprint density at radius 2 is 2.23 bits per heavy atom. The van der Waals surface area contributed by atoms with Crippen molar-refractivity contribution in [3.63, 3.8) is 0 Å². The van der Waals surface area contributed by atoms with Crippen LogP contribution in [0.2, 0.25) is 0 Å². The van der Waals surface area contributed by atoms with E-state index in [2.05, 4.69) is 27.8 Å². The number of nitrogens with zero attached hydrogens (tertiary/aromatic N) is 1. The summed E-state index contributed by atoms with van der Waals surface area (Å²) >= 11 is 1.50. The van der Waals surface area contributed by atoms with Crippen molar-refractivity contribution >= 4 is 22.5 Å². The van der Waals surface area contributed by atoms with Gasteiger partial charge in [0.2, 0.25) is 0 Å². The maximum absolute atomic E-state index is 11.8. The third-order valence-electron chi connectivity index (χ3n) is 3.51. The Kier molecular flexibility index (Phi) is 5.03. The van der Waals surface area contributed by atoms with E-state index in [1.165, 1.54) is 16.9 Å². The first kappa shape index (κ1) is 15.0. The molecule has 0 bridgehead atoms. The van der Waals surface area contributed by atoms with E-state index in [1.54, 1.807) is 0 Å². The van der Waals surface area contributed by atoms with Crippen LogP contribution in [0.5, 0.6) is 0 Å². The number of carbonyl (C=O) groups excluding carboxylic acids is 1. The molecule has 22 heavy (non-hydrogen) atoms. The number of aromatic nitrogens is 1. The van der Waals surface area contributed by atoms with Crippen molar-refractivity contribution in [3.05, 3.63) is 47.0 Å². The minimum Gasteiger partial charge on any atom is -0.376 e. The first-order chi connectivity index (χ1) is 10.8. The summed E-state index contributed by atoms with van der Waals surface area (Å²) < 4.78 is 5.47. The van der Waals surface area contributed by atoms with Gasteiger partial charge in [0.1, 0.15) is 0 Å². The van der Waals surface area contributed by atoms with E-state index in [-0.39, 0.29) is 12.1 Å². The summed E-state index contributed by atoms with van der Waals surface area (Å²) in [5, 5.41) is 6.22. The molecule has 1 aromatic heterocycles. The Morgan fingerprint density at radius 3 is 3.00 bits per heavy atom. The molecule has 116 valence electrons. The summed E-state index contributed by atoms with van der Waals surface area (Å²) in [5.74, 6) is 0. The van der Waals surface area contributed by atoms with Gasteiger partial charge in [0, 0.05) is 30.6 Å². The topological polar surface area (TPSA) is 63.2 Å². The zero-order valence-electron chi connectivity index (χ0n) is 12.2. The van der Waals surface area contributed by atoms with Crippen molar-refractivity contribution in [2.24, 2.45) is 0 Å². The van der Waals surface area contributed by atoms with Gasteiger partial charge in [-0.05, 0) is 18.4 Å². The Morgan fingerprint density at radius 1 is 1.36 bits per heavy atom. The first-order valence-electron chi connectivity index (χ1n) is 7.45. The largest absolute Gasteiger partial charge is 0.376 e. The van der Waals surface area contributed by atoms with E-state index < -0.39 is 0 Å². The molecule has 2 aromatic rings. The number of urea groups is 1. The number of anilines is 1. The lowest BCUT2D eigenvalue weighted by Gasteiger charge is -2.10. The molecule has 0 saturated carbocycles. The van der Waals surface area contributed by atoms with Gasteiger partial charge in [0.25, 0.3) is 0 Å². The molecular weight excluding hydrogens is 298 g/mol. The molecule has 2 amide bonds. The SMILES string of the molecule is O=C(NC[C@@H]1CCCO1)Nc1ncc(Cc2ccccc2)s1. The molecule has 1 aliphatic heterocycles. The fraction of sp³-hybridized carbons (Fsp3) is 0.375. The summed E-state index contributed by atoms with van der Waals surface area (Å²) in [6, 6.07) is 9.99. The van der Waals surface area contributed by atoms with Crippen molar-refractivity contribution in [1.29, 1.82) is 0 Å². The van der Waals surface area contributed by atoms with Crippen molar-refractivity contribution in [1.82, 2.24) is 10.3 Å². The number of benzene rings is 1. The Bertz CT molecular complexity index is 609. The van der Waals surface area contributed by atoms with Crippen LogP contribution >= 0.6 is 11.3 Å². The lowest BCUT2D eigenvalue weighted by Crippen LogP contribution is -2.34. The van der Waals surface area contributed by atoms with Gasteiger partial charge in [0.05, 0.1) is 6.10 Å². The molecule has 6 heteroatoms. The van der Waals surface area contributed by atoms with Crippen LogP contribution in [0, 0.1) is 0 Å². The van der Waals surface area contributed by atoms with E-state index in [0.717, 1.165) is 30.7 Å². The molecule has 3 rings (SSSR count). The summed E-state index contributed by atoms with van der Waals surface area (Å²) in [6.07, 6.45) is 4.88. The second-order valence-electron chi connectivity index (χ2n) is 5.26.